The van der Waals surface area contributed by atoms with Gasteiger partial charge in [0, 0.05) is 6.20 Å². The van der Waals surface area contributed by atoms with Crippen LogP contribution in [0.4, 0.5) is 13.2 Å². The number of ether oxygens (including phenoxy) is 1. The maximum absolute atomic E-state index is 12.9. The SMILES string of the molecule is CCOC(=O)c1ncn2c(-c3cccc(C(F)(F)F)c3)ccnc12. The number of carbonyl (C=O) groups excluding carboxylic acids is 1. The van der Waals surface area contributed by atoms with Crippen LogP contribution in [0.15, 0.2) is 42.9 Å². The number of nitrogens with zero attached hydrogens (tertiary/aromatic N) is 3. The molecule has 0 unspecified atom stereocenters. The van der Waals surface area contributed by atoms with E-state index in [0.717, 1.165) is 12.1 Å². The lowest BCUT2D eigenvalue weighted by Crippen LogP contribution is -2.07. The van der Waals surface area contributed by atoms with Crippen molar-refractivity contribution in [1.29, 1.82) is 0 Å². The lowest BCUT2D eigenvalue weighted by Gasteiger charge is -2.10. The molecule has 3 rings (SSSR count). The number of carbonyl (C=O) groups is 1. The van der Waals surface area contributed by atoms with Gasteiger partial charge in [-0.1, -0.05) is 12.1 Å². The highest BCUT2D eigenvalue weighted by atomic mass is 19.4. The van der Waals surface area contributed by atoms with Crippen molar-refractivity contribution in [1.82, 2.24) is 14.4 Å². The van der Waals surface area contributed by atoms with Gasteiger partial charge in [0.1, 0.15) is 6.33 Å². The number of rotatable bonds is 3. The first-order chi connectivity index (χ1) is 11.4. The molecule has 124 valence electrons. The third kappa shape index (κ3) is 2.82. The average Bonchev–Trinajstić information content (AvgIpc) is 2.98. The molecule has 3 aromatic rings. The van der Waals surface area contributed by atoms with Gasteiger partial charge in [-0.15, -0.1) is 0 Å². The zero-order chi connectivity index (χ0) is 17.3. The molecule has 0 aliphatic rings. The smallest absolute Gasteiger partial charge is 0.416 e. The van der Waals surface area contributed by atoms with E-state index in [4.69, 9.17) is 4.74 Å². The van der Waals surface area contributed by atoms with Crippen LogP contribution >= 0.6 is 0 Å². The van der Waals surface area contributed by atoms with Gasteiger partial charge >= 0.3 is 12.1 Å². The number of aromatic nitrogens is 3. The van der Waals surface area contributed by atoms with Crippen molar-refractivity contribution >= 4 is 11.6 Å². The van der Waals surface area contributed by atoms with E-state index < -0.39 is 17.7 Å². The molecule has 8 heteroatoms. The predicted molar refractivity (Wildman–Crippen MR) is 79.4 cm³/mol. The number of alkyl halides is 3. The second-order valence-corrected chi connectivity index (χ2v) is 4.92. The first kappa shape index (κ1) is 16.0. The molecule has 0 bridgehead atoms. The summed E-state index contributed by atoms with van der Waals surface area (Å²) in [6, 6.07) is 6.47. The molecular formula is C16H12F3N3O2. The molecule has 0 amide bonds. The normalized spacial score (nSPS) is 11.7. The molecule has 0 spiro atoms. The molecule has 24 heavy (non-hydrogen) atoms. The van der Waals surface area contributed by atoms with Crippen LogP contribution in [0.3, 0.4) is 0 Å². The Bertz CT molecular complexity index is 903. The van der Waals surface area contributed by atoms with Crippen LogP contribution in [0.25, 0.3) is 16.9 Å². The molecule has 0 N–H and O–H groups in total. The summed E-state index contributed by atoms with van der Waals surface area (Å²) < 4.78 is 45.1. The Morgan fingerprint density at radius 1 is 1.25 bits per heavy atom. The molecule has 2 heterocycles. The largest absolute Gasteiger partial charge is 0.461 e. The molecular weight excluding hydrogens is 323 g/mol. The van der Waals surface area contributed by atoms with E-state index in [1.54, 1.807) is 19.1 Å². The minimum Gasteiger partial charge on any atom is -0.461 e. The van der Waals surface area contributed by atoms with Gasteiger partial charge in [-0.2, -0.15) is 13.2 Å². The highest BCUT2D eigenvalue weighted by Gasteiger charge is 2.30. The Morgan fingerprint density at radius 3 is 2.75 bits per heavy atom. The van der Waals surface area contributed by atoms with Crippen molar-refractivity contribution in [2.45, 2.75) is 13.1 Å². The molecule has 2 aromatic heterocycles. The molecule has 0 fully saturated rings. The summed E-state index contributed by atoms with van der Waals surface area (Å²) in [7, 11) is 0. The number of imidazole rings is 1. The van der Waals surface area contributed by atoms with Crippen molar-refractivity contribution in [3.63, 3.8) is 0 Å². The van der Waals surface area contributed by atoms with E-state index in [9.17, 15) is 18.0 Å². The van der Waals surface area contributed by atoms with Gasteiger partial charge in [0.05, 0.1) is 17.9 Å². The van der Waals surface area contributed by atoms with E-state index in [2.05, 4.69) is 9.97 Å². The topological polar surface area (TPSA) is 56.5 Å². The molecule has 0 atom stereocenters. The van der Waals surface area contributed by atoms with Crippen molar-refractivity contribution in [3.8, 4) is 11.3 Å². The van der Waals surface area contributed by atoms with E-state index >= 15 is 0 Å². The Kier molecular flexibility index (Phi) is 3.96. The standard InChI is InChI=1S/C16H12F3N3O2/c1-2-24-15(23)13-14-20-7-6-12(22(14)9-21-13)10-4-3-5-11(8-10)16(17,18)19/h3-9H,2H2,1H3. The number of benzene rings is 1. The maximum atomic E-state index is 12.9. The zero-order valence-electron chi connectivity index (χ0n) is 12.5. The minimum atomic E-state index is -4.44. The molecule has 0 radical (unpaired) electrons. The van der Waals surface area contributed by atoms with Crippen LogP contribution in [0.5, 0.6) is 0 Å². The quantitative estimate of drug-likeness (QED) is 0.687. The molecule has 0 saturated carbocycles. The number of hydrogen-bond donors (Lipinski definition) is 0. The van der Waals surface area contributed by atoms with Gasteiger partial charge in [0.2, 0.25) is 0 Å². The first-order valence-electron chi connectivity index (χ1n) is 7.08. The van der Waals surface area contributed by atoms with Gasteiger partial charge in [-0.25, -0.2) is 14.8 Å². The summed E-state index contributed by atoms with van der Waals surface area (Å²) in [4.78, 5) is 19.9. The van der Waals surface area contributed by atoms with Gasteiger partial charge in [0.15, 0.2) is 11.3 Å². The summed E-state index contributed by atoms with van der Waals surface area (Å²) in [5, 5.41) is 0. The maximum Gasteiger partial charge on any atom is 0.416 e. The monoisotopic (exact) mass is 335 g/mol. The van der Waals surface area contributed by atoms with Crippen molar-refractivity contribution < 1.29 is 22.7 Å². The third-order valence-corrected chi connectivity index (χ3v) is 3.39. The van der Waals surface area contributed by atoms with Gasteiger partial charge < -0.3 is 4.74 Å². The lowest BCUT2D eigenvalue weighted by atomic mass is 10.1. The summed E-state index contributed by atoms with van der Waals surface area (Å²) in [5.41, 5.74) is 0.268. The Labute approximate surface area is 134 Å². The van der Waals surface area contributed by atoms with Crippen LogP contribution in [-0.4, -0.2) is 26.9 Å². The molecule has 0 aliphatic carbocycles. The van der Waals surface area contributed by atoms with Crippen LogP contribution in [-0.2, 0) is 10.9 Å². The molecule has 0 aliphatic heterocycles. The number of esters is 1. The van der Waals surface area contributed by atoms with Gasteiger partial charge in [-0.05, 0) is 30.7 Å². The Morgan fingerprint density at radius 2 is 2.04 bits per heavy atom. The molecule has 0 saturated heterocycles. The number of hydrogen-bond acceptors (Lipinski definition) is 4. The average molecular weight is 335 g/mol. The second-order valence-electron chi connectivity index (χ2n) is 4.92. The molecule has 1 aromatic carbocycles. The van der Waals surface area contributed by atoms with Crippen molar-refractivity contribution in [2.24, 2.45) is 0 Å². The van der Waals surface area contributed by atoms with Gasteiger partial charge in [0.25, 0.3) is 0 Å². The zero-order valence-corrected chi connectivity index (χ0v) is 12.5. The fourth-order valence-electron chi connectivity index (χ4n) is 2.33. The Balaban J connectivity index is 2.13. The summed E-state index contributed by atoms with van der Waals surface area (Å²) in [6.45, 7) is 1.85. The fraction of sp³-hybridized carbons (Fsp3) is 0.188. The van der Waals surface area contributed by atoms with Crippen molar-refractivity contribution in [3.05, 3.63) is 54.1 Å². The summed E-state index contributed by atoms with van der Waals surface area (Å²) in [5.74, 6) is -0.631. The fourth-order valence-corrected chi connectivity index (χ4v) is 2.33. The predicted octanol–water partition coefficient (Wildman–Crippen LogP) is 3.59. The number of fused-ring (bicyclic) bond motifs is 1. The second kappa shape index (κ2) is 5.95. The highest BCUT2D eigenvalue weighted by Crippen LogP contribution is 2.32. The summed E-state index contributed by atoms with van der Waals surface area (Å²) in [6.07, 6.45) is -1.69. The van der Waals surface area contributed by atoms with E-state index in [1.807, 2.05) is 0 Å². The van der Waals surface area contributed by atoms with E-state index in [1.165, 1.54) is 23.0 Å². The van der Waals surface area contributed by atoms with Crippen LogP contribution in [0, 0.1) is 0 Å². The lowest BCUT2D eigenvalue weighted by molar-refractivity contribution is -0.137. The number of halogens is 3. The first-order valence-corrected chi connectivity index (χ1v) is 7.08. The van der Waals surface area contributed by atoms with Crippen LogP contribution in [0.1, 0.15) is 23.0 Å². The Hall–Kier alpha value is -2.90. The van der Waals surface area contributed by atoms with Crippen LogP contribution in [0.2, 0.25) is 0 Å². The molecule has 5 nitrogen and oxygen atoms in total. The van der Waals surface area contributed by atoms with Crippen molar-refractivity contribution in [2.75, 3.05) is 6.61 Å². The van der Waals surface area contributed by atoms with Crippen LogP contribution < -0.4 is 0 Å². The third-order valence-electron chi connectivity index (χ3n) is 3.39. The van der Waals surface area contributed by atoms with E-state index in [-0.39, 0.29) is 17.9 Å². The van der Waals surface area contributed by atoms with Gasteiger partial charge in [-0.3, -0.25) is 4.40 Å². The highest BCUT2D eigenvalue weighted by molar-refractivity contribution is 5.94. The van der Waals surface area contributed by atoms with E-state index in [0.29, 0.717) is 11.3 Å². The minimum absolute atomic E-state index is 0.0191. The summed E-state index contributed by atoms with van der Waals surface area (Å²) >= 11 is 0.